The van der Waals surface area contributed by atoms with Crippen molar-refractivity contribution in [3.63, 3.8) is 0 Å². The highest BCUT2D eigenvalue weighted by atomic mass is 35.5. The minimum atomic E-state index is -0.0103. The molecule has 1 saturated carbocycles. The third-order valence-corrected chi connectivity index (χ3v) is 3.83. The zero-order chi connectivity index (χ0) is 15.2. The molecule has 114 valence electrons. The topological polar surface area (TPSA) is 49.4 Å². The lowest BCUT2D eigenvalue weighted by molar-refractivity contribution is -0.130. The van der Waals surface area contributed by atoms with Crippen molar-refractivity contribution >= 4 is 23.4 Å². The second-order valence-electron chi connectivity index (χ2n) is 5.42. The molecule has 0 bridgehead atoms. The minimum Gasteiger partial charge on any atom is -0.356 e. The first-order valence-corrected chi connectivity index (χ1v) is 7.72. The van der Waals surface area contributed by atoms with Crippen LogP contribution in [0.25, 0.3) is 0 Å². The molecular formula is C16H21ClN2O2. The van der Waals surface area contributed by atoms with Crippen molar-refractivity contribution in [3.8, 4) is 0 Å². The van der Waals surface area contributed by atoms with Gasteiger partial charge in [0.25, 0.3) is 0 Å². The lowest BCUT2D eigenvalue weighted by Gasteiger charge is -2.20. The van der Waals surface area contributed by atoms with E-state index in [1.54, 1.807) is 11.8 Å². The molecule has 1 aliphatic carbocycles. The maximum Gasteiger partial charge on any atom is 0.221 e. The zero-order valence-corrected chi connectivity index (χ0v) is 13.0. The number of hydrogen-bond donors (Lipinski definition) is 1. The average molecular weight is 309 g/mol. The summed E-state index contributed by atoms with van der Waals surface area (Å²) in [4.78, 5) is 25.0. The predicted octanol–water partition coefficient (Wildman–Crippen LogP) is 2.40. The van der Waals surface area contributed by atoms with E-state index in [9.17, 15) is 9.59 Å². The van der Waals surface area contributed by atoms with Crippen molar-refractivity contribution in [1.82, 2.24) is 10.2 Å². The van der Waals surface area contributed by atoms with Crippen LogP contribution in [0.5, 0.6) is 0 Å². The number of hydrogen-bond acceptors (Lipinski definition) is 2. The Morgan fingerprint density at radius 1 is 1.38 bits per heavy atom. The van der Waals surface area contributed by atoms with Gasteiger partial charge in [-0.15, -0.1) is 0 Å². The van der Waals surface area contributed by atoms with E-state index in [1.807, 2.05) is 24.3 Å². The summed E-state index contributed by atoms with van der Waals surface area (Å²) in [5.41, 5.74) is 1.10. The summed E-state index contributed by atoms with van der Waals surface area (Å²) in [5.74, 6) is 0.0492. The van der Waals surface area contributed by atoms with Gasteiger partial charge in [-0.25, -0.2) is 0 Å². The van der Waals surface area contributed by atoms with Gasteiger partial charge in [0.05, 0.1) is 0 Å². The lowest BCUT2D eigenvalue weighted by atomic mass is 10.1. The van der Waals surface area contributed by atoms with Crippen molar-refractivity contribution in [2.24, 2.45) is 0 Å². The lowest BCUT2D eigenvalue weighted by Crippen LogP contribution is -2.35. The molecule has 1 N–H and O–H groups in total. The number of benzene rings is 1. The smallest absolute Gasteiger partial charge is 0.221 e. The molecule has 1 aromatic rings. The zero-order valence-electron chi connectivity index (χ0n) is 12.3. The molecule has 0 unspecified atom stereocenters. The largest absolute Gasteiger partial charge is 0.356 e. The highest BCUT2D eigenvalue weighted by Crippen LogP contribution is 2.26. The quantitative estimate of drug-likeness (QED) is 0.841. The van der Waals surface area contributed by atoms with E-state index in [1.165, 1.54) is 0 Å². The van der Waals surface area contributed by atoms with Crippen LogP contribution in [0.4, 0.5) is 0 Å². The van der Waals surface area contributed by atoms with Gasteiger partial charge >= 0.3 is 0 Å². The molecule has 4 nitrogen and oxygen atoms in total. The maximum absolute atomic E-state index is 11.8. The van der Waals surface area contributed by atoms with E-state index in [2.05, 4.69) is 5.32 Å². The van der Waals surface area contributed by atoms with Crippen molar-refractivity contribution in [3.05, 3.63) is 34.9 Å². The summed E-state index contributed by atoms with van der Waals surface area (Å²) < 4.78 is 0. The predicted molar refractivity (Wildman–Crippen MR) is 83.2 cm³/mol. The summed E-state index contributed by atoms with van der Waals surface area (Å²) >= 11 is 5.91. The van der Waals surface area contributed by atoms with Crippen LogP contribution >= 0.6 is 11.6 Å². The van der Waals surface area contributed by atoms with E-state index >= 15 is 0 Å². The fourth-order valence-electron chi connectivity index (χ4n) is 2.33. The normalized spacial score (nSPS) is 13.8. The third kappa shape index (κ3) is 5.38. The highest BCUT2D eigenvalue weighted by molar-refractivity contribution is 6.30. The molecule has 1 fully saturated rings. The molecular weight excluding hydrogens is 288 g/mol. The molecule has 2 rings (SSSR count). The first-order chi connectivity index (χ1) is 10.1. The Labute approximate surface area is 130 Å². The Balaban J connectivity index is 1.66. The van der Waals surface area contributed by atoms with Crippen molar-refractivity contribution in [1.29, 1.82) is 0 Å². The molecule has 0 atom stereocenters. The van der Waals surface area contributed by atoms with Crippen molar-refractivity contribution in [2.45, 2.75) is 38.6 Å². The van der Waals surface area contributed by atoms with Crippen LogP contribution in [-0.4, -0.2) is 35.8 Å². The van der Waals surface area contributed by atoms with Crippen LogP contribution in [0.3, 0.4) is 0 Å². The van der Waals surface area contributed by atoms with Crippen LogP contribution in [0, 0.1) is 0 Å². The molecule has 0 heterocycles. The van der Waals surface area contributed by atoms with Gasteiger partial charge in [0.2, 0.25) is 11.8 Å². The number of carbonyl (C=O) groups is 2. The van der Waals surface area contributed by atoms with E-state index in [-0.39, 0.29) is 11.8 Å². The molecule has 0 spiro atoms. The van der Waals surface area contributed by atoms with Gasteiger partial charge in [-0.05, 0) is 37.0 Å². The second kappa shape index (κ2) is 7.46. The van der Waals surface area contributed by atoms with E-state index < -0.39 is 0 Å². The van der Waals surface area contributed by atoms with Crippen LogP contribution in [0.15, 0.2) is 24.3 Å². The van der Waals surface area contributed by atoms with Crippen molar-refractivity contribution in [2.75, 3.05) is 13.1 Å². The Kier molecular flexibility index (Phi) is 5.62. The molecule has 5 heteroatoms. The molecule has 1 aliphatic rings. The van der Waals surface area contributed by atoms with Crippen molar-refractivity contribution < 1.29 is 9.59 Å². The van der Waals surface area contributed by atoms with Crippen LogP contribution in [-0.2, 0) is 16.0 Å². The third-order valence-electron chi connectivity index (χ3n) is 3.60. The fraction of sp³-hybridized carbons (Fsp3) is 0.500. The molecule has 0 aromatic heterocycles. The van der Waals surface area contributed by atoms with Gasteiger partial charge in [-0.2, -0.15) is 0 Å². The molecule has 0 saturated heterocycles. The first kappa shape index (κ1) is 15.8. The van der Waals surface area contributed by atoms with Gasteiger partial charge in [0, 0.05) is 37.5 Å². The monoisotopic (exact) mass is 308 g/mol. The van der Waals surface area contributed by atoms with Crippen LogP contribution < -0.4 is 5.32 Å². The van der Waals surface area contributed by atoms with Gasteiger partial charge < -0.3 is 10.2 Å². The maximum atomic E-state index is 11.8. The molecule has 1 aromatic carbocycles. The number of amides is 2. The number of rotatable bonds is 7. The number of carbonyl (C=O) groups excluding carboxylic acids is 2. The summed E-state index contributed by atoms with van der Waals surface area (Å²) in [6.45, 7) is 2.67. The SMILES string of the molecule is CC(=O)N(CCC(=O)NCCc1cccc(Cl)c1)C1CC1. The minimum absolute atomic E-state index is 0.0103. The summed E-state index contributed by atoms with van der Waals surface area (Å²) in [6.07, 6.45) is 3.25. The number of nitrogens with zero attached hydrogens (tertiary/aromatic N) is 1. The average Bonchev–Trinajstić information content (AvgIpc) is 3.23. The Morgan fingerprint density at radius 3 is 2.76 bits per heavy atom. The van der Waals surface area contributed by atoms with E-state index in [4.69, 9.17) is 11.6 Å². The highest BCUT2D eigenvalue weighted by Gasteiger charge is 2.30. The van der Waals surface area contributed by atoms with Crippen LogP contribution in [0.2, 0.25) is 5.02 Å². The van der Waals surface area contributed by atoms with Gasteiger partial charge in [-0.1, -0.05) is 23.7 Å². The molecule has 0 aliphatic heterocycles. The van der Waals surface area contributed by atoms with Gasteiger partial charge in [-0.3, -0.25) is 9.59 Å². The Morgan fingerprint density at radius 2 is 2.14 bits per heavy atom. The summed E-state index contributed by atoms with van der Waals surface area (Å²) in [6, 6.07) is 7.99. The second-order valence-corrected chi connectivity index (χ2v) is 5.86. The Bertz CT molecular complexity index is 515. The van der Waals surface area contributed by atoms with Gasteiger partial charge in [0.15, 0.2) is 0 Å². The Hall–Kier alpha value is -1.55. The number of nitrogens with one attached hydrogen (secondary N) is 1. The van der Waals surface area contributed by atoms with Crippen LogP contribution in [0.1, 0.15) is 31.7 Å². The van der Waals surface area contributed by atoms with E-state index in [0.29, 0.717) is 30.6 Å². The molecule has 21 heavy (non-hydrogen) atoms. The first-order valence-electron chi connectivity index (χ1n) is 7.34. The molecule has 0 radical (unpaired) electrons. The summed E-state index contributed by atoms with van der Waals surface area (Å²) in [7, 11) is 0. The number of halogens is 1. The van der Waals surface area contributed by atoms with Gasteiger partial charge in [0.1, 0.15) is 0 Å². The van der Waals surface area contributed by atoms with E-state index in [0.717, 1.165) is 24.8 Å². The fourth-order valence-corrected chi connectivity index (χ4v) is 2.55. The molecule has 2 amide bonds. The summed E-state index contributed by atoms with van der Waals surface area (Å²) in [5, 5.41) is 3.59. The standard InChI is InChI=1S/C16H21ClN2O2/c1-12(20)19(15-5-6-15)10-8-16(21)18-9-7-13-3-2-4-14(17)11-13/h2-4,11,15H,5-10H2,1H3,(H,18,21).